The van der Waals surface area contributed by atoms with E-state index in [-0.39, 0.29) is 17.0 Å². The number of anilines is 1. The smallest absolute Gasteiger partial charge is 0.327 e. The van der Waals surface area contributed by atoms with Gasteiger partial charge in [0.05, 0.1) is 22.9 Å². The van der Waals surface area contributed by atoms with E-state index in [9.17, 15) is 22.8 Å². The summed E-state index contributed by atoms with van der Waals surface area (Å²) in [6.45, 7) is 1.52. The third-order valence-electron chi connectivity index (χ3n) is 4.21. The molecule has 2 aromatic carbocycles. The van der Waals surface area contributed by atoms with Crippen LogP contribution in [0.5, 0.6) is 0 Å². The van der Waals surface area contributed by atoms with Crippen LogP contribution in [0.25, 0.3) is 0 Å². The van der Waals surface area contributed by atoms with Crippen LogP contribution < -0.4 is 16.0 Å². The van der Waals surface area contributed by atoms with E-state index in [2.05, 4.69) is 31.9 Å². The zero-order valence-corrected chi connectivity index (χ0v) is 16.1. The van der Waals surface area contributed by atoms with Crippen molar-refractivity contribution < 1.29 is 22.8 Å². The van der Waals surface area contributed by atoms with Gasteiger partial charge in [-0.2, -0.15) is 13.2 Å². The van der Waals surface area contributed by atoms with Crippen LogP contribution in [-0.2, 0) is 11.0 Å². The summed E-state index contributed by atoms with van der Waals surface area (Å²) in [6.07, 6.45) is -4.62. The molecule has 1 unspecified atom stereocenters. The summed E-state index contributed by atoms with van der Waals surface area (Å²) in [4.78, 5) is 24.8. The third kappa shape index (κ3) is 4.04. The number of hydrogen-bond donors (Lipinski definition) is 3. The molecular weight excluding hydrogens is 439 g/mol. The zero-order valence-electron chi connectivity index (χ0n) is 14.5. The number of allylic oxidation sites excluding steroid dienone is 1. The van der Waals surface area contributed by atoms with Crippen LogP contribution in [-0.4, -0.2) is 11.9 Å². The van der Waals surface area contributed by atoms with Crippen molar-refractivity contribution in [3.63, 3.8) is 0 Å². The molecule has 0 fully saturated rings. The van der Waals surface area contributed by atoms with E-state index in [4.69, 9.17) is 0 Å². The maximum absolute atomic E-state index is 13.2. The highest BCUT2D eigenvalue weighted by Crippen LogP contribution is 2.36. The van der Waals surface area contributed by atoms with E-state index in [1.807, 2.05) is 0 Å². The number of para-hydroxylation sites is 1. The summed E-state index contributed by atoms with van der Waals surface area (Å²) in [5.74, 6) is -0.748. The van der Waals surface area contributed by atoms with Gasteiger partial charge in [-0.25, -0.2) is 4.79 Å². The molecule has 0 saturated heterocycles. The maximum atomic E-state index is 13.2. The Morgan fingerprint density at radius 3 is 2.43 bits per heavy atom. The summed E-state index contributed by atoms with van der Waals surface area (Å²) in [5.41, 5.74) is -0.337. The number of nitrogens with one attached hydrogen (secondary N) is 3. The Morgan fingerprint density at radius 1 is 1.11 bits per heavy atom. The Bertz CT molecular complexity index is 973. The summed E-state index contributed by atoms with van der Waals surface area (Å²) in [5, 5.41) is 7.46. The Hall–Kier alpha value is -2.81. The molecular formula is C19H15BrF3N3O2. The van der Waals surface area contributed by atoms with Crippen LogP contribution in [0.4, 0.5) is 23.7 Å². The molecule has 9 heteroatoms. The largest absolute Gasteiger partial charge is 0.418 e. The Balaban J connectivity index is 2.01. The molecule has 5 nitrogen and oxygen atoms in total. The molecule has 0 aromatic heterocycles. The van der Waals surface area contributed by atoms with Gasteiger partial charge >= 0.3 is 12.2 Å². The van der Waals surface area contributed by atoms with Crippen molar-refractivity contribution in [1.29, 1.82) is 0 Å². The predicted octanol–water partition coefficient (Wildman–Crippen LogP) is 4.73. The van der Waals surface area contributed by atoms with E-state index in [0.717, 1.165) is 6.07 Å². The minimum atomic E-state index is -4.62. The lowest BCUT2D eigenvalue weighted by Gasteiger charge is -2.29. The molecule has 28 heavy (non-hydrogen) atoms. The number of benzene rings is 2. The first-order valence-corrected chi connectivity index (χ1v) is 8.98. The highest BCUT2D eigenvalue weighted by Gasteiger charge is 2.36. The summed E-state index contributed by atoms with van der Waals surface area (Å²) < 4.78 is 40.3. The lowest BCUT2D eigenvalue weighted by molar-refractivity contribution is -0.137. The summed E-state index contributed by atoms with van der Waals surface area (Å²) >= 11 is 3.38. The lowest BCUT2D eigenvalue weighted by Crippen LogP contribution is -2.46. The van der Waals surface area contributed by atoms with Crippen LogP contribution in [0.2, 0.25) is 0 Å². The van der Waals surface area contributed by atoms with E-state index >= 15 is 0 Å². The molecule has 3 rings (SSSR count). The molecule has 0 aliphatic carbocycles. The highest BCUT2D eigenvalue weighted by atomic mass is 79.9. The van der Waals surface area contributed by atoms with Gasteiger partial charge in [-0.05, 0) is 30.7 Å². The van der Waals surface area contributed by atoms with E-state index in [0.29, 0.717) is 10.0 Å². The van der Waals surface area contributed by atoms with Crippen LogP contribution in [0.1, 0.15) is 24.1 Å². The average molecular weight is 454 g/mol. The van der Waals surface area contributed by atoms with Gasteiger partial charge in [0.25, 0.3) is 5.91 Å². The summed E-state index contributed by atoms with van der Waals surface area (Å²) in [6, 6.07) is 10.3. The first-order valence-electron chi connectivity index (χ1n) is 8.18. The molecule has 1 aliphatic heterocycles. The van der Waals surface area contributed by atoms with E-state index < -0.39 is 29.7 Å². The minimum Gasteiger partial charge on any atom is -0.327 e. The van der Waals surface area contributed by atoms with Gasteiger partial charge in [0, 0.05) is 10.2 Å². The number of carbonyl (C=O) groups excluding carboxylic acids is 2. The molecule has 3 N–H and O–H groups in total. The normalized spacial score (nSPS) is 17.0. The van der Waals surface area contributed by atoms with Gasteiger partial charge < -0.3 is 16.0 Å². The van der Waals surface area contributed by atoms with Gasteiger partial charge in [0.2, 0.25) is 0 Å². The maximum Gasteiger partial charge on any atom is 0.418 e. The molecule has 0 bridgehead atoms. The van der Waals surface area contributed by atoms with E-state index in [1.165, 1.54) is 25.1 Å². The van der Waals surface area contributed by atoms with Gasteiger partial charge in [-0.3, -0.25) is 4.79 Å². The van der Waals surface area contributed by atoms with Crippen molar-refractivity contribution in [3.05, 3.63) is 75.4 Å². The number of carbonyl (C=O) groups is 2. The van der Waals surface area contributed by atoms with Crippen molar-refractivity contribution >= 4 is 33.6 Å². The fraction of sp³-hybridized carbons (Fsp3) is 0.158. The average Bonchev–Trinajstić information content (AvgIpc) is 2.61. The number of rotatable bonds is 3. The molecule has 1 aliphatic rings. The number of alkyl halides is 3. The number of hydrogen-bond acceptors (Lipinski definition) is 2. The molecule has 1 heterocycles. The standard InChI is InChI=1S/C19H15BrF3N3O2/c1-10-15(16(26-18(28)24-10)11-6-2-4-8-13(11)20)17(27)25-14-9-5-3-7-12(14)19(21,22)23/h2-9,16H,1H3,(H,25,27)(H2,24,26,28). The third-order valence-corrected chi connectivity index (χ3v) is 4.93. The SMILES string of the molecule is CC1=C(C(=O)Nc2ccccc2C(F)(F)F)C(c2ccccc2Br)NC(=O)N1. The first kappa shape index (κ1) is 19.9. The van der Waals surface area contributed by atoms with Gasteiger partial charge in [-0.1, -0.05) is 46.3 Å². The van der Waals surface area contributed by atoms with Crippen molar-refractivity contribution in [2.75, 3.05) is 5.32 Å². The fourth-order valence-electron chi connectivity index (χ4n) is 2.97. The molecule has 0 radical (unpaired) electrons. The number of amides is 3. The highest BCUT2D eigenvalue weighted by molar-refractivity contribution is 9.10. The quantitative estimate of drug-likeness (QED) is 0.628. The molecule has 0 spiro atoms. The molecule has 1 atom stereocenters. The van der Waals surface area contributed by atoms with Crippen LogP contribution in [0, 0.1) is 0 Å². The van der Waals surface area contributed by atoms with Crippen molar-refractivity contribution in [2.45, 2.75) is 19.1 Å². The zero-order chi connectivity index (χ0) is 20.5. The first-order chi connectivity index (χ1) is 13.2. The van der Waals surface area contributed by atoms with Gasteiger partial charge in [-0.15, -0.1) is 0 Å². The van der Waals surface area contributed by atoms with Crippen molar-refractivity contribution in [1.82, 2.24) is 10.6 Å². The molecule has 3 amide bonds. The minimum absolute atomic E-state index is 0.114. The van der Waals surface area contributed by atoms with Gasteiger partial charge in [0.1, 0.15) is 0 Å². The molecule has 0 saturated carbocycles. The Labute approximate surface area is 167 Å². The second-order valence-corrected chi connectivity index (χ2v) is 6.94. The molecule has 146 valence electrons. The van der Waals surface area contributed by atoms with Crippen LogP contribution in [0.15, 0.2) is 64.3 Å². The van der Waals surface area contributed by atoms with E-state index in [1.54, 1.807) is 24.3 Å². The predicted molar refractivity (Wildman–Crippen MR) is 101 cm³/mol. The van der Waals surface area contributed by atoms with Crippen molar-refractivity contribution in [2.24, 2.45) is 0 Å². The topological polar surface area (TPSA) is 70.2 Å². The Morgan fingerprint density at radius 2 is 1.75 bits per heavy atom. The summed E-state index contributed by atoms with van der Waals surface area (Å²) in [7, 11) is 0. The lowest BCUT2D eigenvalue weighted by atomic mass is 9.94. The van der Waals surface area contributed by atoms with Crippen LogP contribution in [0.3, 0.4) is 0 Å². The second-order valence-electron chi connectivity index (χ2n) is 6.09. The Kier molecular flexibility index (Phi) is 5.46. The van der Waals surface area contributed by atoms with Crippen LogP contribution >= 0.6 is 15.9 Å². The van der Waals surface area contributed by atoms with Gasteiger partial charge in [0.15, 0.2) is 0 Å². The number of halogens is 4. The molecule has 2 aromatic rings. The van der Waals surface area contributed by atoms with Crippen molar-refractivity contribution in [3.8, 4) is 0 Å². The fourth-order valence-corrected chi connectivity index (χ4v) is 3.48. The monoisotopic (exact) mass is 453 g/mol. The second kappa shape index (κ2) is 7.67. The number of urea groups is 1.